The molecule has 1 saturated carbocycles. The molecule has 0 unspecified atom stereocenters. The number of thioether (sulfide) groups is 1. The van der Waals surface area contributed by atoms with Crippen LogP contribution in [0.1, 0.15) is 59.9 Å². The molecular formula is C32H32N2OS. The van der Waals surface area contributed by atoms with Gasteiger partial charge in [-0.1, -0.05) is 97.3 Å². The van der Waals surface area contributed by atoms with E-state index in [1.165, 1.54) is 41.5 Å². The first-order valence-electron chi connectivity index (χ1n) is 13.1. The lowest BCUT2D eigenvalue weighted by Crippen LogP contribution is -2.42. The minimum Gasteiger partial charge on any atom is -0.268 e. The average molecular weight is 493 g/mol. The smallest absolute Gasteiger partial charge is 0.263 e. The quantitative estimate of drug-likeness (QED) is 0.218. The molecule has 182 valence electrons. The highest BCUT2D eigenvalue weighted by atomic mass is 32.2. The number of aromatic nitrogens is 2. The Labute approximate surface area is 217 Å². The van der Waals surface area contributed by atoms with Crippen LogP contribution in [0, 0.1) is 13.8 Å². The fraction of sp³-hybridized carbons (Fsp3) is 0.312. The molecule has 4 aromatic rings. The van der Waals surface area contributed by atoms with Gasteiger partial charge in [-0.15, -0.1) is 0 Å². The molecule has 3 nitrogen and oxygen atoms in total. The summed E-state index contributed by atoms with van der Waals surface area (Å²) in [5, 5.41) is 0.772. The zero-order chi connectivity index (χ0) is 24.7. The maximum atomic E-state index is 14.6. The second-order valence-electron chi connectivity index (χ2n) is 10.5. The van der Waals surface area contributed by atoms with Crippen LogP contribution in [0.25, 0.3) is 16.9 Å². The van der Waals surface area contributed by atoms with Gasteiger partial charge >= 0.3 is 0 Å². The van der Waals surface area contributed by atoms with Crippen molar-refractivity contribution < 1.29 is 0 Å². The first kappa shape index (κ1) is 23.3. The highest BCUT2D eigenvalue weighted by Crippen LogP contribution is 2.49. The Morgan fingerprint density at radius 3 is 2.39 bits per heavy atom. The maximum Gasteiger partial charge on any atom is 0.263 e. The van der Waals surface area contributed by atoms with Gasteiger partial charge in [0.2, 0.25) is 0 Å². The predicted octanol–water partition coefficient (Wildman–Crippen LogP) is 7.57. The van der Waals surface area contributed by atoms with Gasteiger partial charge in [0.1, 0.15) is 0 Å². The third kappa shape index (κ3) is 4.02. The van der Waals surface area contributed by atoms with E-state index in [1.807, 2.05) is 4.57 Å². The van der Waals surface area contributed by atoms with Gasteiger partial charge in [-0.25, -0.2) is 4.98 Å². The van der Waals surface area contributed by atoms with E-state index < -0.39 is 0 Å². The number of aryl methyl sites for hydroxylation is 2. The third-order valence-electron chi connectivity index (χ3n) is 8.11. The molecule has 6 rings (SSSR count). The molecule has 0 saturated heterocycles. The van der Waals surface area contributed by atoms with E-state index in [-0.39, 0.29) is 11.0 Å². The van der Waals surface area contributed by atoms with Crippen LogP contribution in [0.3, 0.4) is 0 Å². The Hall–Kier alpha value is -3.11. The van der Waals surface area contributed by atoms with Gasteiger partial charge in [0, 0.05) is 16.7 Å². The largest absolute Gasteiger partial charge is 0.268 e. The molecule has 1 spiro atoms. The van der Waals surface area contributed by atoms with Gasteiger partial charge in [0.25, 0.3) is 5.56 Å². The molecule has 36 heavy (non-hydrogen) atoms. The molecule has 2 aliphatic rings. The monoisotopic (exact) mass is 492 g/mol. The lowest BCUT2D eigenvalue weighted by Gasteiger charge is -2.42. The summed E-state index contributed by atoms with van der Waals surface area (Å²) in [4.78, 5) is 19.9. The summed E-state index contributed by atoms with van der Waals surface area (Å²) in [6, 6.07) is 25.4. The molecule has 3 aromatic carbocycles. The molecule has 1 aromatic heterocycles. The van der Waals surface area contributed by atoms with Gasteiger partial charge in [-0.2, -0.15) is 0 Å². The molecule has 4 heteroatoms. The van der Waals surface area contributed by atoms with E-state index in [9.17, 15) is 4.79 Å². The van der Waals surface area contributed by atoms with Crippen LogP contribution in [-0.2, 0) is 17.6 Å². The van der Waals surface area contributed by atoms with Crippen LogP contribution in [0.15, 0.2) is 82.7 Å². The van der Waals surface area contributed by atoms with Crippen LogP contribution in [0.4, 0.5) is 0 Å². The summed E-state index contributed by atoms with van der Waals surface area (Å²) >= 11 is 1.66. The molecule has 0 atom stereocenters. The van der Waals surface area contributed by atoms with E-state index in [0.29, 0.717) is 0 Å². The minimum absolute atomic E-state index is 0.113. The SMILES string of the molecule is Cc1ccc(-n2c(SCc3ccccc3C)nc3c(c2=O)C2(CCCCC2)Cc2ccccc2-3)cc1. The molecule has 0 bridgehead atoms. The summed E-state index contributed by atoms with van der Waals surface area (Å²) in [5.74, 6) is 0.774. The van der Waals surface area contributed by atoms with Gasteiger partial charge in [-0.3, -0.25) is 9.36 Å². The zero-order valence-electron chi connectivity index (χ0n) is 21.1. The maximum absolute atomic E-state index is 14.6. The number of rotatable bonds is 4. The first-order valence-corrected chi connectivity index (χ1v) is 14.0. The van der Waals surface area contributed by atoms with Gasteiger partial charge < -0.3 is 0 Å². The van der Waals surface area contributed by atoms with Crippen molar-refractivity contribution in [2.75, 3.05) is 0 Å². The molecule has 0 aliphatic heterocycles. The molecule has 0 radical (unpaired) electrons. The Morgan fingerprint density at radius 2 is 1.61 bits per heavy atom. The highest BCUT2D eigenvalue weighted by Gasteiger charge is 2.43. The van der Waals surface area contributed by atoms with Crippen LogP contribution in [-0.4, -0.2) is 9.55 Å². The van der Waals surface area contributed by atoms with Crippen molar-refractivity contribution in [3.8, 4) is 16.9 Å². The van der Waals surface area contributed by atoms with Crippen molar-refractivity contribution >= 4 is 11.8 Å². The Balaban J connectivity index is 1.58. The van der Waals surface area contributed by atoms with E-state index in [0.717, 1.165) is 52.7 Å². The van der Waals surface area contributed by atoms with Crippen LogP contribution in [0.5, 0.6) is 0 Å². The molecule has 0 amide bonds. The zero-order valence-corrected chi connectivity index (χ0v) is 21.9. The Kier molecular flexibility index (Phi) is 6.08. The van der Waals surface area contributed by atoms with Crippen molar-refractivity contribution in [2.24, 2.45) is 0 Å². The summed E-state index contributed by atoms with van der Waals surface area (Å²) < 4.78 is 1.89. The van der Waals surface area contributed by atoms with Crippen molar-refractivity contribution in [1.82, 2.24) is 9.55 Å². The molecule has 1 heterocycles. The van der Waals surface area contributed by atoms with E-state index in [1.54, 1.807) is 11.8 Å². The van der Waals surface area contributed by atoms with E-state index >= 15 is 0 Å². The Bertz CT molecular complexity index is 1480. The standard InChI is InChI=1S/C32H32N2OS/c1-22-14-16-26(17-15-22)34-30(35)28-29(33-31(34)36-21-25-12-5-4-10-23(25)2)27-13-7-6-11-24(27)20-32(28)18-8-3-9-19-32/h4-7,10-17H,3,8-9,18-21H2,1-2H3. The van der Waals surface area contributed by atoms with Crippen molar-refractivity contribution in [3.63, 3.8) is 0 Å². The fourth-order valence-corrected chi connectivity index (χ4v) is 7.20. The molecule has 2 aliphatic carbocycles. The second-order valence-corrected chi connectivity index (χ2v) is 11.4. The number of benzene rings is 3. The highest BCUT2D eigenvalue weighted by molar-refractivity contribution is 7.98. The molecular weight excluding hydrogens is 460 g/mol. The lowest BCUT2D eigenvalue weighted by atomic mass is 9.62. The average Bonchev–Trinajstić information content (AvgIpc) is 2.89. The second kappa shape index (κ2) is 9.40. The summed E-state index contributed by atoms with van der Waals surface area (Å²) in [6.45, 7) is 4.23. The van der Waals surface area contributed by atoms with E-state index in [2.05, 4.69) is 86.6 Å². The van der Waals surface area contributed by atoms with Crippen LogP contribution < -0.4 is 5.56 Å². The van der Waals surface area contributed by atoms with Crippen molar-refractivity contribution in [1.29, 1.82) is 0 Å². The topological polar surface area (TPSA) is 34.9 Å². The molecule has 0 N–H and O–H groups in total. The van der Waals surface area contributed by atoms with Gasteiger partial charge in [0.05, 0.1) is 16.9 Å². The number of nitrogens with zero attached hydrogens (tertiary/aromatic N) is 2. The minimum atomic E-state index is -0.113. The predicted molar refractivity (Wildman–Crippen MR) is 149 cm³/mol. The normalized spacial score (nSPS) is 15.9. The van der Waals surface area contributed by atoms with Crippen molar-refractivity contribution in [2.45, 2.75) is 68.7 Å². The number of hydrogen-bond donors (Lipinski definition) is 0. The first-order chi connectivity index (χ1) is 17.6. The van der Waals surface area contributed by atoms with Crippen molar-refractivity contribution in [3.05, 3.63) is 111 Å². The van der Waals surface area contributed by atoms with Crippen LogP contribution >= 0.6 is 11.8 Å². The van der Waals surface area contributed by atoms with Crippen LogP contribution in [0.2, 0.25) is 0 Å². The number of fused-ring (bicyclic) bond motifs is 4. The summed E-state index contributed by atoms with van der Waals surface area (Å²) in [5.41, 5.74) is 8.96. The Morgan fingerprint density at radius 1 is 0.889 bits per heavy atom. The summed E-state index contributed by atoms with van der Waals surface area (Å²) in [7, 11) is 0. The lowest BCUT2D eigenvalue weighted by molar-refractivity contribution is 0.283. The molecule has 1 fully saturated rings. The fourth-order valence-electron chi connectivity index (χ4n) is 6.12. The summed E-state index contributed by atoms with van der Waals surface area (Å²) in [6.07, 6.45) is 6.67. The third-order valence-corrected chi connectivity index (χ3v) is 9.09. The van der Waals surface area contributed by atoms with Gasteiger partial charge in [0.15, 0.2) is 5.16 Å². The number of hydrogen-bond acceptors (Lipinski definition) is 3. The van der Waals surface area contributed by atoms with E-state index in [4.69, 9.17) is 4.98 Å². The van der Waals surface area contributed by atoms with Gasteiger partial charge in [-0.05, 0) is 61.9 Å².